The summed E-state index contributed by atoms with van der Waals surface area (Å²) >= 11 is 0. The van der Waals surface area contributed by atoms with Crippen LogP contribution in [0.15, 0.2) is 46.9 Å². The van der Waals surface area contributed by atoms with Crippen LogP contribution in [0.25, 0.3) is 0 Å². The maximum atomic E-state index is 11.4. The van der Waals surface area contributed by atoms with Crippen molar-refractivity contribution in [1.29, 1.82) is 0 Å². The second-order valence-electron chi connectivity index (χ2n) is 5.14. The SMILES string of the molecule is COC(=O)c1ccc(C(N)C2CC2c2ccccc2)o1. The van der Waals surface area contributed by atoms with E-state index in [2.05, 4.69) is 16.9 Å². The third-order valence-corrected chi connectivity index (χ3v) is 3.87. The number of esters is 1. The number of rotatable bonds is 4. The number of hydrogen-bond donors (Lipinski definition) is 1. The van der Waals surface area contributed by atoms with Gasteiger partial charge in [-0.3, -0.25) is 0 Å². The Bertz CT molecular complexity index is 605. The molecule has 3 unspecified atom stereocenters. The van der Waals surface area contributed by atoms with Crippen LogP contribution in [0.1, 0.15) is 40.3 Å². The van der Waals surface area contributed by atoms with Gasteiger partial charge in [0.2, 0.25) is 5.76 Å². The number of furan rings is 1. The van der Waals surface area contributed by atoms with E-state index in [9.17, 15) is 4.79 Å². The van der Waals surface area contributed by atoms with Gasteiger partial charge in [-0.15, -0.1) is 0 Å². The highest BCUT2D eigenvalue weighted by Crippen LogP contribution is 2.53. The molecular formula is C16H17NO3. The van der Waals surface area contributed by atoms with Gasteiger partial charge in [0.1, 0.15) is 5.76 Å². The molecule has 0 aliphatic heterocycles. The van der Waals surface area contributed by atoms with Gasteiger partial charge in [-0.1, -0.05) is 30.3 Å². The Labute approximate surface area is 117 Å². The quantitative estimate of drug-likeness (QED) is 0.868. The Balaban J connectivity index is 1.70. The van der Waals surface area contributed by atoms with Crippen molar-refractivity contribution in [3.63, 3.8) is 0 Å². The van der Waals surface area contributed by atoms with Gasteiger partial charge >= 0.3 is 5.97 Å². The average Bonchev–Trinajstić information content (AvgIpc) is 3.15. The Morgan fingerprint density at radius 1 is 1.30 bits per heavy atom. The topological polar surface area (TPSA) is 65.5 Å². The van der Waals surface area contributed by atoms with Crippen molar-refractivity contribution >= 4 is 5.97 Å². The number of nitrogens with two attached hydrogens (primary N) is 1. The predicted octanol–water partition coefficient (Wildman–Crippen LogP) is 2.87. The Kier molecular flexibility index (Phi) is 3.32. The Hall–Kier alpha value is -2.07. The van der Waals surface area contributed by atoms with E-state index < -0.39 is 5.97 Å². The van der Waals surface area contributed by atoms with Crippen molar-refractivity contribution in [3.8, 4) is 0 Å². The van der Waals surface area contributed by atoms with Crippen molar-refractivity contribution < 1.29 is 13.9 Å². The minimum atomic E-state index is -0.473. The smallest absolute Gasteiger partial charge is 0.373 e. The third kappa shape index (κ3) is 2.34. The van der Waals surface area contributed by atoms with E-state index >= 15 is 0 Å². The Morgan fingerprint density at radius 3 is 2.75 bits per heavy atom. The first-order valence-corrected chi connectivity index (χ1v) is 6.69. The molecule has 2 N–H and O–H groups in total. The van der Waals surface area contributed by atoms with E-state index in [1.54, 1.807) is 12.1 Å². The molecule has 1 aromatic carbocycles. The summed E-state index contributed by atoms with van der Waals surface area (Å²) in [6.07, 6.45) is 1.05. The molecule has 1 aliphatic carbocycles. The lowest BCUT2D eigenvalue weighted by Gasteiger charge is -2.08. The van der Waals surface area contributed by atoms with Gasteiger partial charge in [0.15, 0.2) is 0 Å². The van der Waals surface area contributed by atoms with Crippen LogP contribution in [-0.2, 0) is 4.74 Å². The summed E-state index contributed by atoms with van der Waals surface area (Å²) in [5, 5.41) is 0. The van der Waals surface area contributed by atoms with Crippen LogP contribution in [0, 0.1) is 5.92 Å². The minimum Gasteiger partial charge on any atom is -0.463 e. The lowest BCUT2D eigenvalue weighted by molar-refractivity contribution is 0.0562. The van der Waals surface area contributed by atoms with E-state index in [1.807, 2.05) is 18.2 Å². The summed E-state index contributed by atoms with van der Waals surface area (Å²) < 4.78 is 10.1. The summed E-state index contributed by atoms with van der Waals surface area (Å²) in [6.45, 7) is 0. The van der Waals surface area contributed by atoms with Crippen LogP contribution < -0.4 is 5.73 Å². The molecule has 3 rings (SSSR count). The fraction of sp³-hybridized carbons (Fsp3) is 0.312. The number of carbonyl (C=O) groups excluding carboxylic acids is 1. The molecule has 1 fully saturated rings. The maximum absolute atomic E-state index is 11.4. The van der Waals surface area contributed by atoms with Gasteiger partial charge in [-0.05, 0) is 36.0 Å². The van der Waals surface area contributed by atoms with Crippen LogP contribution in [-0.4, -0.2) is 13.1 Å². The van der Waals surface area contributed by atoms with E-state index in [0.717, 1.165) is 6.42 Å². The number of methoxy groups -OCH3 is 1. The molecule has 0 spiro atoms. The predicted molar refractivity (Wildman–Crippen MR) is 74.3 cm³/mol. The van der Waals surface area contributed by atoms with E-state index in [4.69, 9.17) is 10.2 Å². The van der Waals surface area contributed by atoms with Gasteiger partial charge in [-0.2, -0.15) is 0 Å². The van der Waals surface area contributed by atoms with Gasteiger partial charge in [0, 0.05) is 0 Å². The monoisotopic (exact) mass is 271 g/mol. The van der Waals surface area contributed by atoms with Crippen molar-refractivity contribution in [2.75, 3.05) is 7.11 Å². The summed E-state index contributed by atoms with van der Waals surface area (Å²) in [5.74, 6) is 1.23. The molecule has 3 atom stereocenters. The largest absolute Gasteiger partial charge is 0.463 e. The van der Waals surface area contributed by atoms with E-state index in [1.165, 1.54) is 12.7 Å². The minimum absolute atomic E-state index is 0.182. The number of ether oxygens (including phenoxy) is 1. The standard InChI is InChI=1S/C16H17NO3/c1-19-16(18)14-8-7-13(20-14)15(17)12-9-11(12)10-5-3-2-4-6-10/h2-8,11-12,15H,9,17H2,1H3. The second kappa shape index (κ2) is 5.13. The summed E-state index contributed by atoms with van der Waals surface area (Å²) in [5.41, 5.74) is 7.55. The molecule has 20 heavy (non-hydrogen) atoms. The lowest BCUT2D eigenvalue weighted by atomic mass is 10.0. The van der Waals surface area contributed by atoms with Gasteiger partial charge in [0.05, 0.1) is 13.2 Å². The van der Waals surface area contributed by atoms with Gasteiger partial charge in [0.25, 0.3) is 0 Å². The summed E-state index contributed by atoms with van der Waals surface area (Å²) in [4.78, 5) is 11.4. The number of hydrogen-bond acceptors (Lipinski definition) is 4. The zero-order chi connectivity index (χ0) is 14.1. The van der Waals surface area contributed by atoms with E-state index in [0.29, 0.717) is 17.6 Å². The molecular weight excluding hydrogens is 254 g/mol. The molecule has 1 heterocycles. The normalized spacial score (nSPS) is 22.3. The maximum Gasteiger partial charge on any atom is 0.373 e. The molecule has 0 amide bonds. The zero-order valence-corrected chi connectivity index (χ0v) is 11.3. The van der Waals surface area contributed by atoms with Gasteiger partial charge < -0.3 is 14.9 Å². The molecule has 1 saturated carbocycles. The van der Waals surface area contributed by atoms with Crippen LogP contribution in [0.5, 0.6) is 0 Å². The molecule has 4 heteroatoms. The zero-order valence-electron chi connectivity index (χ0n) is 11.3. The van der Waals surface area contributed by atoms with Crippen molar-refractivity contribution in [2.24, 2.45) is 11.7 Å². The molecule has 2 aromatic rings. The molecule has 4 nitrogen and oxygen atoms in total. The first kappa shape index (κ1) is 12.9. The summed E-state index contributed by atoms with van der Waals surface area (Å²) in [6, 6.07) is 13.5. The number of benzene rings is 1. The highest BCUT2D eigenvalue weighted by molar-refractivity contribution is 5.86. The van der Waals surface area contributed by atoms with Crippen LogP contribution in [0.2, 0.25) is 0 Å². The molecule has 1 aromatic heterocycles. The highest BCUT2D eigenvalue weighted by atomic mass is 16.5. The lowest BCUT2D eigenvalue weighted by Crippen LogP contribution is -2.12. The first-order valence-electron chi connectivity index (χ1n) is 6.69. The third-order valence-electron chi connectivity index (χ3n) is 3.87. The molecule has 104 valence electrons. The fourth-order valence-electron chi connectivity index (χ4n) is 2.65. The van der Waals surface area contributed by atoms with Crippen LogP contribution in [0.4, 0.5) is 0 Å². The molecule has 0 bridgehead atoms. The summed E-state index contributed by atoms with van der Waals surface area (Å²) in [7, 11) is 1.33. The average molecular weight is 271 g/mol. The number of carbonyl (C=O) groups is 1. The van der Waals surface area contributed by atoms with Gasteiger partial charge in [-0.25, -0.2) is 4.79 Å². The fourth-order valence-corrected chi connectivity index (χ4v) is 2.65. The van der Waals surface area contributed by atoms with Crippen LogP contribution in [0.3, 0.4) is 0 Å². The Morgan fingerprint density at radius 2 is 2.05 bits per heavy atom. The molecule has 0 saturated heterocycles. The van der Waals surface area contributed by atoms with Crippen molar-refractivity contribution in [3.05, 3.63) is 59.5 Å². The molecule has 1 aliphatic rings. The highest BCUT2D eigenvalue weighted by Gasteiger charge is 2.44. The van der Waals surface area contributed by atoms with Crippen molar-refractivity contribution in [2.45, 2.75) is 18.4 Å². The molecule has 0 radical (unpaired) electrons. The van der Waals surface area contributed by atoms with Crippen molar-refractivity contribution in [1.82, 2.24) is 0 Å². The van der Waals surface area contributed by atoms with E-state index in [-0.39, 0.29) is 11.8 Å². The first-order chi connectivity index (χ1) is 9.70. The van der Waals surface area contributed by atoms with Crippen LogP contribution >= 0.6 is 0 Å². The second-order valence-corrected chi connectivity index (χ2v) is 5.14.